The van der Waals surface area contributed by atoms with E-state index >= 15 is 0 Å². The molecule has 0 bridgehead atoms. The van der Waals surface area contributed by atoms with Gasteiger partial charge in [0.15, 0.2) is 0 Å². The molecular weight excluding hydrogens is 833 g/mol. The normalized spacial score (nSPS) is 12.8. The number of aromatic nitrogens is 2. The van der Waals surface area contributed by atoms with Gasteiger partial charge in [0.25, 0.3) is 0 Å². The van der Waals surface area contributed by atoms with Crippen molar-refractivity contribution in [3.8, 4) is 39.3 Å². The molecule has 0 atom stereocenters. The van der Waals surface area contributed by atoms with Crippen molar-refractivity contribution in [2.75, 3.05) is 0 Å². The highest BCUT2D eigenvalue weighted by molar-refractivity contribution is 6.29. The third-order valence-corrected chi connectivity index (χ3v) is 15.4. The summed E-state index contributed by atoms with van der Waals surface area (Å²) >= 11 is 0. The van der Waals surface area contributed by atoms with Crippen LogP contribution in [0.1, 0.15) is 52.7 Å². The van der Waals surface area contributed by atoms with Gasteiger partial charge >= 0.3 is 0 Å². The highest BCUT2D eigenvalue weighted by Crippen LogP contribution is 2.46. The van der Waals surface area contributed by atoms with E-state index in [1.165, 1.54) is 114 Å². The fraction of sp³-hybridized carbons (Fsp3) is 0.119. The van der Waals surface area contributed by atoms with Crippen LogP contribution < -0.4 is 0 Å². The minimum Gasteiger partial charge on any atom is -0.292 e. The van der Waals surface area contributed by atoms with Gasteiger partial charge in [-0.05, 0) is 144 Å². The molecule has 328 valence electrons. The predicted molar refractivity (Wildman–Crippen MR) is 297 cm³/mol. The Morgan fingerprint density at radius 3 is 1.22 bits per heavy atom. The lowest BCUT2D eigenvalue weighted by Crippen LogP contribution is -2.11. The molecule has 2 heteroatoms. The van der Waals surface area contributed by atoms with E-state index in [1.54, 1.807) is 0 Å². The van der Waals surface area contributed by atoms with Crippen LogP contribution in [0.15, 0.2) is 194 Å². The standard InChI is InChI=1S/C67H50N2/c1-66(2,3)48-25-17-45(18-26-48)65-68-63-55-35-23-46(51-31-19-43-15-13-39-9-7-11-41-21-33-53(51)61(43)59(39)41)37-57(55)58-38-47(24-36-56(58)64(63)69(65)50-29-27-49(28-30-50)67(4,5)6)52-32-20-44-16-14-40-10-8-12-42-22-34-54(52)62(44)60(40)42/h7-38H,1-6H3. The van der Waals surface area contributed by atoms with Gasteiger partial charge in [-0.1, -0.05) is 211 Å². The van der Waals surface area contributed by atoms with Crippen LogP contribution in [0, 0.1) is 0 Å². The van der Waals surface area contributed by atoms with Crippen LogP contribution in [0.5, 0.6) is 0 Å². The quantitative estimate of drug-likeness (QED) is 0.161. The second kappa shape index (κ2) is 14.2. The van der Waals surface area contributed by atoms with Gasteiger partial charge < -0.3 is 0 Å². The first-order chi connectivity index (χ1) is 33.5. The van der Waals surface area contributed by atoms with E-state index in [9.17, 15) is 0 Å². The molecule has 14 rings (SSSR count). The number of imidazole rings is 1. The molecule has 69 heavy (non-hydrogen) atoms. The average Bonchev–Trinajstić information content (AvgIpc) is 3.78. The Balaban J connectivity index is 1.09. The van der Waals surface area contributed by atoms with Crippen LogP contribution >= 0.6 is 0 Å². The van der Waals surface area contributed by atoms with Crippen LogP contribution in [-0.2, 0) is 10.8 Å². The van der Waals surface area contributed by atoms with Crippen LogP contribution in [0.4, 0.5) is 0 Å². The fourth-order valence-electron chi connectivity index (χ4n) is 11.8. The Morgan fingerprint density at radius 1 is 0.333 bits per heavy atom. The number of fused-ring (bicyclic) bond motifs is 6. The van der Waals surface area contributed by atoms with Gasteiger partial charge in [0.2, 0.25) is 0 Å². The van der Waals surface area contributed by atoms with Crippen molar-refractivity contribution in [1.29, 1.82) is 0 Å². The first-order valence-electron chi connectivity index (χ1n) is 24.4. The molecule has 0 N–H and O–H groups in total. The monoisotopic (exact) mass is 882 g/mol. The number of rotatable bonds is 4. The van der Waals surface area contributed by atoms with Gasteiger partial charge in [0.05, 0.1) is 11.0 Å². The molecule has 0 aliphatic rings. The fourth-order valence-corrected chi connectivity index (χ4v) is 11.8. The molecule has 0 saturated carbocycles. The van der Waals surface area contributed by atoms with E-state index in [1.807, 2.05) is 0 Å². The predicted octanol–water partition coefficient (Wildman–Crippen LogP) is 18.7. The summed E-state index contributed by atoms with van der Waals surface area (Å²) in [6, 6.07) is 73.6. The van der Waals surface area contributed by atoms with Crippen molar-refractivity contribution in [3.05, 3.63) is 205 Å². The highest BCUT2D eigenvalue weighted by Gasteiger charge is 2.24. The molecule has 2 nitrogen and oxygen atoms in total. The van der Waals surface area contributed by atoms with E-state index in [-0.39, 0.29) is 10.8 Å². The maximum Gasteiger partial charge on any atom is 0.145 e. The number of nitrogens with zero attached hydrogens (tertiary/aromatic N) is 2. The van der Waals surface area contributed by atoms with Crippen molar-refractivity contribution < 1.29 is 0 Å². The zero-order valence-electron chi connectivity index (χ0n) is 39.9. The molecule has 0 amide bonds. The summed E-state index contributed by atoms with van der Waals surface area (Å²) in [6.07, 6.45) is 0. The molecule has 1 aromatic heterocycles. The third-order valence-electron chi connectivity index (χ3n) is 15.4. The number of hydrogen-bond acceptors (Lipinski definition) is 1. The molecule has 1 heterocycles. The SMILES string of the molecule is CC(C)(C)c1ccc(-c2nc3c4ccc(-c5ccc6ccc7cccc8ccc5c6c78)cc4c4cc(-c5ccc6ccc7cccc8ccc5c6c78)ccc4c3n2-c2ccc(C(C)(C)C)cc2)cc1. The highest BCUT2D eigenvalue weighted by atomic mass is 15.1. The van der Waals surface area contributed by atoms with Gasteiger partial charge in [-0.3, -0.25) is 4.57 Å². The van der Waals surface area contributed by atoms with E-state index < -0.39 is 0 Å². The first-order valence-corrected chi connectivity index (χ1v) is 24.4. The Kier molecular flexibility index (Phi) is 8.26. The second-order valence-corrected chi connectivity index (χ2v) is 21.6. The summed E-state index contributed by atoms with van der Waals surface area (Å²) in [7, 11) is 0. The first kappa shape index (κ1) is 40.0. The van der Waals surface area contributed by atoms with Crippen LogP contribution in [0.2, 0.25) is 0 Å². The summed E-state index contributed by atoms with van der Waals surface area (Å²) in [5.41, 5.74) is 11.9. The average molecular weight is 883 g/mol. The molecule has 0 radical (unpaired) electrons. The minimum absolute atomic E-state index is 0.0258. The van der Waals surface area contributed by atoms with Gasteiger partial charge in [-0.25, -0.2) is 4.98 Å². The van der Waals surface area contributed by atoms with Gasteiger partial charge in [0, 0.05) is 22.0 Å². The summed E-state index contributed by atoms with van der Waals surface area (Å²) in [5, 5.41) is 20.3. The second-order valence-electron chi connectivity index (χ2n) is 21.6. The Labute approximate surface area is 401 Å². The summed E-state index contributed by atoms with van der Waals surface area (Å²) in [4.78, 5) is 5.74. The van der Waals surface area contributed by atoms with Crippen LogP contribution in [0.25, 0.3) is 137 Å². The zero-order valence-corrected chi connectivity index (χ0v) is 39.9. The van der Waals surface area contributed by atoms with Crippen molar-refractivity contribution in [1.82, 2.24) is 9.55 Å². The number of hydrogen-bond donors (Lipinski definition) is 0. The largest absolute Gasteiger partial charge is 0.292 e. The van der Waals surface area contributed by atoms with Crippen LogP contribution in [0.3, 0.4) is 0 Å². The van der Waals surface area contributed by atoms with Gasteiger partial charge in [-0.2, -0.15) is 0 Å². The van der Waals surface area contributed by atoms with Gasteiger partial charge in [-0.15, -0.1) is 0 Å². The summed E-state index contributed by atoms with van der Waals surface area (Å²) < 4.78 is 2.43. The Bertz CT molecular complexity index is 4370. The smallest absolute Gasteiger partial charge is 0.145 e. The molecule has 0 unspecified atom stereocenters. The molecule has 14 aromatic rings. The van der Waals surface area contributed by atoms with Crippen molar-refractivity contribution in [3.63, 3.8) is 0 Å². The minimum atomic E-state index is 0.0258. The van der Waals surface area contributed by atoms with Crippen molar-refractivity contribution in [2.45, 2.75) is 52.4 Å². The Morgan fingerprint density at radius 2 is 0.725 bits per heavy atom. The van der Waals surface area contributed by atoms with E-state index in [4.69, 9.17) is 4.98 Å². The van der Waals surface area contributed by atoms with Crippen molar-refractivity contribution in [2.24, 2.45) is 0 Å². The lowest BCUT2D eigenvalue weighted by Gasteiger charge is -2.20. The zero-order chi connectivity index (χ0) is 46.5. The van der Waals surface area contributed by atoms with E-state index in [0.717, 1.165) is 33.5 Å². The Hall–Kier alpha value is -8.07. The molecular formula is C67H50N2. The third kappa shape index (κ3) is 5.94. The molecule has 13 aromatic carbocycles. The van der Waals surface area contributed by atoms with E-state index in [0.29, 0.717) is 0 Å². The maximum absolute atomic E-state index is 5.74. The van der Waals surface area contributed by atoms with E-state index in [2.05, 4.69) is 240 Å². The lowest BCUT2D eigenvalue weighted by atomic mass is 9.86. The number of benzene rings is 13. The molecule has 0 fully saturated rings. The molecule has 0 aliphatic heterocycles. The molecule has 0 saturated heterocycles. The topological polar surface area (TPSA) is 17.8 Å². The lowest BCUT2D eigenvalue weighted by molar-refractivity contribution is 0.590. The van der Waals surface area contributed by atoms with Crippen molar-refractivity contribution >= 4 is 97.2 Å². The van der Waals surface area contributed by atoms with Gasteiger partial charge in [0.1, 0.15) is 5.82 Å². The summed E-state index contributed by atoms with van der Waals surface area (Å²) in [5.74, 6) is 0.939. The summed E-state index contributed by atoms with van der Waals surface area (Å²) in [6.45, 7) is 13.7. The van der Waals surface area contributed by atoms with Crippen LogP contribution in [-0.4, -0.2) is 9.55 Å². The maximum atomic E-state index is 5.74. The molecule has 0 spiro atoms. The molecule has 0 aliphatic carbocycles.